The predicted octanol–water partition coefficient (Wildman–Crippen LogP) is 3.79. The van der Waals surface area contributed by atoms with Crippen LogP contribution in [-0.2, 0) is 19.0 Å². The van der Waals surface area contributed by atoms with Crippen LogP contribution in [0.4, 0.5) is 0 Å². The van der Waals surface area contributed by atoms with Crippen molar-refractivity contribution in [3.8, 4) is 0 Å². The van der Waals surface area contributed by atoms with Crippen LogP contribution in [0.2, 0.25) is 0 Å². The molecule has 2 aliphatic carbocycles. The van der Waals surface area contributed by atoms with Crippen molar-refractivity contribution in [1.29, 1.82) is 0 Å². The van der Waals surface area contributed by atoms with Crippen LogP contribution in [0.1, 0.15) is 64.2 Å². The second-order valence-corrected chi connectivity index (χ2v) is 11.3. The number of nitrogens with zero attached hydrogens (tertiary/aromatic N) is 3. The topological polar surface area (TPSA) is 63.6 Å². The normalized spacial score (nSPS) is 40.7. The van der Waals surface area contributed by atoms with E-state index in [1.807, 2.05) is 5.01 Å². The van der Waals surface area contributed by atoms with Crippen molar-refractivity contribution in [2.45, 2.75) is 99.6 Å². The summed E-state index contributed by atoms with van der Waals surface area (Å²) in [7, 11) is 7.89. The molecule has 0 aromatic rings. The number of ether oxygens (including phenoxy) is 3. The highest BCUT2D eigenvalue weighted by atomic mass is 79.9. The Morgan fingerprint density at radius 1 is 1.03 bits per heavy atom. The van der Waals surface area contributed by atoms with Crippen LogP contribution in [0.25, 0.3) is 0 Å². The molecule has 0 N–H and O–H groups in total. The lowest BCUT2D eigenvalue weighted by Gasteiger charge is -2.38. The summed E-state index contributed by atoms with van der Waals surface area (Å²) < 4.78 is 17.2. The minimum absolute atomic E-state index is 0.0248. The van der Waals surface area contributed by atoms with E-state index in [2.05, 4.69) is 34.9 Å². The van der Waals surface area contributed by atoms with Gasteiger partial charge in [0.1, 0.15) is 11.1 Å². The maximum Gasteiger partial charge on any atom is 0.272 e. The average molecular weight is 515 g/mol. The third-order valence-electron chi connectivity index (χ3n) is 8.26. The van der Waals surface area contributed by atoms with Gasteiger partial charge in [-0.2, -0.15) is 5.10 Å². The number of halogens is 1. The van der Waals surface area contributed by atoms with Crippen LogP contribution in [0.3, 0.4) is 0 Å². The van der Waals surface area contributed by atoms with Crippen LogP contribution < -0.4 is 0 Å². The van der Waals surface area contributed by atoms with Crippen molar-refractivity contribution >= 4 is 27.5 Å². The van der Waals surface area contributed by atoms with Crippen molar-refractivity contribution in [3.05, 3.63) is 0 Å². The van der Waals surface area contributed by atoms with Gasteiger partial charge in [0.15, 0.2) is 0 Å². The first kappa shape index (κ1) is 24.6. The van der Waals surface area contributed by atoms with Gasteiger partial charge in [0.05, 0.1) is 18.2 Å². The van der Waals surface area contributed by atoms with Crippen LogP contribution in [0.5, 0.6) is 0 Å². The molecule has 0 spiro atoms. The van der Waals surface area contributed by atoms with Crippen molar-refractivity contribution in [2.24, 2.45) is 16.9 Å². The molecule has 0 aromatic heterocycles. The van der Waals surface area contributed by atoms with Crippen LogP contribution in [0.15, 0.2) is 5.10 Å². The van der Waals surface area contributed by atoms with Gasteiger partial charge in [-0.3, -0.25) is 4.79 Å². The van der Waals surface area contributed by atoms with Gasteiger partial charge in [-0.1, -0.05) is 15.9 Å². The first-order valence-electron chi connectivity index (χ1n) is 12.3. The molecule has 0 bridgehead atoms. The molecular formula is C24H40BrN3O4. The molecule has 1 amide bonds. The quantitative estimate of drug-likeness (QED) is 0.505. The van der Waals surface area contributed by atoms with E-state index in [1.54, 1.807) is 14.2 Å². The number of hydrogen-bond donors (Lipinski definition) is 0. The number of carbonyl (C=O) groups is 1. The third kappa shape index (κ3) is 5.24. The number of rotatable bonds is 6. The maximum absolute atomic E-state index is 13.5. The minimum Gasteiger partial charge on any atom is -0.379 e. The van der Waals surface area contributed by atoms with Gasteiger partial charge >= 0.3 is 0 Å². The van der Waals surface area contributed by atoms with Crippen LogP contribution in [-0.4, -0.2) is 85.3 Å². The van der Waals surface area contributed by atoms with Crippen molar-refractivity contribution in [2.75, 3.05) is 28.3 Å². The molecule has 2 aliphatic heterocycles. The molecule has 6 atom stereocenters. The largest absolute Gasteiger partial charge is 0.379 e. The van der Waals surface area contributed by atoms with Crippen molar-refractivity contribution in [3.63, 3.8) is 0 Å². The molecule has 4 rings (SSSR count). The summed E-state index contributed by atoms with van der Waals surface area (Å²) in [4.78, 5) is 15.8. The number of hydrazone groups is 1. The molecule has 182 valence electrons. The maximum atomic E-state index is 13.5. The first-order valence-corrected chi connectivity index (χ1v) is 13.2. The lowest BCUT2D eigenvalue weighted by Crippen LogP contribution is -2.45. The molecule has 7 nitrogen and oxygen atoms in total. The Balaban J connectivity index is 1.49. The summed E-state index contributed by atoms with van der Waals surface area (Å²) in [6, 6.07) is 0.816. The third-order valence-corrected chi connectivity index (χ3v) is 8.93. The lowest BCUT2D eigenvalue weighted by molar-refractivity contribution is -0.144. The fourth-order valence-corrected chi connectivity index (χ4v) is 6.76. The zero-order valence-corrected chi connectivity index (χ0v) is 21.6. The predicted molar refractivity (Wildman–Crippen MR) is 128 cm³/mol. The molecule has 6 unspecified atom stereocenters. The zero-order valence-electron chi connectivity index (χ0n) is 20.0. The summed E-state index contributed by atoms with van der Waals surface area (Å²) in [6.45, 7) is 0. The molecule has 32 heavy (non-hydrogen) atoms. The second-order valence-electron chi connectivity index (χ2n) is 10.2. The fourth-order valence-electron chi connectivity index (χ4n) is 6.23. The molecule has 4 aliphatic rings. The van der Waals surface area contributed by atoms with Gasteiger partial charge in [0.25, 0.3) is 5.91 Å². The summed E-state index contributed by atoms with van der Waals surface area (Å²) in [5.74, 6) is 0.917. The summed E-state index contributed by atoms with van der Waals surface area (Å²) in [6.07, 6.45) is 10.0. The number of methoxy groups -OCH3 is 2. The molecule has 3 fully saturated rings. The molecule has 1 saturated heterocycles. The Morgan fingerprint density at radius 2 is 1.75 bits per heavy atom. The fraction of sp³-hybridized carbons (Fsp3) is 0.917. The summed E-state index contributed by atoms with van der Waals surface area (Å²) in [5, 5.41) is 6.83. The number of hydrogen-bond acceptors (Lipinski definition) is 6. The van der Waals surface area contributed by atoms with Crippen LogP contribution >= 0.6 is 15.9 Å². The van der Waals surface area contributed by atoms with Gasteiger partial charge < -0.3 is 19.1 Å². The molecule has 2 heterocycles. The number of carbonyl (C=O) groups excluding carboxylic acids is 1. The Kier molecular flexibility index (Phi) is 8.30. The van der Waals surface area contributed by atoms with E-state index in [9.17, 15) is 4.79 Å². The monoisotopic (exact) mass is 513 g/mol. The van der Waals surface area contributed by atoms with Gasteiger partial charge in [0, 0.05) is 38.3 Å². The van der Waals surface area contributed by atoms with E-state index >= 15 is 0 Å². The standard InChI is InChI=1S/C24H40BrN3O4/c1-27(2)17-8-5-15(6-9-17)19-14-18(16-7-10-20(30-3)22(13-16)31-4)26-28(19)24(29)21-11-12-23(25)32-21/h15-17,19-23H,5-14H2,1-4H3. The minimum atomic E-state index is -0.376. The van der Waals surface area contributed by atoms with E-state index < -0.39 is 0 Å². The summed E-state index contributed by atoms with van der Waals surface area (Å²) in [5.41, 5.74) is 1.18. The second kappa shape index (κ2) is 10.8. The Labute approximate surface area is 201 Å². The summed E-state index contributed by atoms with van der Waals surface area (Å²) >= 11 is 3.51. The Morgan fingerprint density at radius 3 is 2.34 bits per heavy atom. The zero-order chi connectivity index (χ0) is 22.8. The van der Waals surface area contributed by atoms with E-state index in [4.69, 9.17) is 19.3 Å². The van der Waals surface area contributed by atoms with Crippen molar-refractivity contribution in [1.82, 2.24) is 9.91 Å². The molecule has 0 aromatic carbocycles. The first-order chi connectivity index (χ1) is 15.4. The van der Waals surface area contributed by atoms with Crippen molar-refractivity contribution < 1.29 is 19.0 Å². The van der Waals surface area contributed by atoms with E-state index in [0.29, 0.717) is 17.9 Å². The van der Waals surface area contributed by atoms with E-state index in [1.165, 1.54) is 18.6 Å². The SMILES string of the molecule is COC1CCC(C2=NN(C(=O)C3CCC(Br)O3)C(C3CCC(N(C)C)CC3)C2)CC1OC. The highest BCUT2D eigenvalue weighted by Gasteiger charge is 2.45. The molecule has 8 heteroatoms. The highest BCUT2D eigenvalue weighted by molar-refractivity contribution is 9.09. The molecule has 0 radical (unpaired) electrons. The molecular weight excluding hydrogens is 474 g/mol. The van der Waals surface area contributed by atoms with Gasteiger partial charge in [-0.05, 0) is 77.8 Å². The van der Waals surface area contributed by atoms with Gasteiger partial charge in [-0.25, -0.2) is 5.01 Å². The van der Waals surface area contributed by atoms with Crippen LogP contribution in [0, 0.1) is 11.8 Å². The number of amides is 1. The smallest absolute Gasteiger partial charge is 0.272 e. The molecule has 2 saturated carbocycles. The highest BCUT2D eigenvalue weighted by Crippen LogP contribution is 2.40. The average Bonchev–Trinajstić information content (AvgIpc) is 3.45. The van der Waals surface area contributed by atoms with Gasteiger partial charge in [0.2, 0.25) is 0 Å². The number of alkyl halides is 1. The lowest BCUT2D eigenvalue weighted by atomic mass is 9.76. The Hall–Kier alpha value is -0.540. The Bertz CT molecular complexity index is 682. The van der Waals surface area contributed by atoms with E-state index in [-0.39, 0.29) is 35.3 Å². The van der Waals surface area contributed by atoms with E-state index in [0.717, 1.165) is 51.4 Å². The van der Waals surface area contributed by atoms with Gasteiger partial charge in [-0.15, -0.1) is 0 Å².